The van der Waals surface area contributed by atoms with Crippen LogP contribution in [0.15, 0.2) is 6.07 Å². The minimum atomic E-state index is 0.430. The van der Waals surface area contributed by atoms with Crippen LogP contribution in [0.3, 0.4) is 0 Å². The highest BCUT2D eigenvalue weighted by molar-refractivity contribution is 5.51. The lowest BCUT2D eigenvalue weighted by atomic mass is 10.2. The number of aromatic nitrogens is 2. The summed E-state index contributed by atoms with van der Waals surface area (Å²) in [6.07, 6.45) is 4.65. The van der Waals surface area contributed by atoms with Crippen molar-refractivity contribution in [3.05, 3.63) is 11.9 Å². The van der Waals surface area contributed by atoms with Crippen molar-refractivity contribution in [3.8, 4) is 0 Å². The van der Waals surface area contributed by atoms with Gasteiger partial charge in [-0.15, -0.1) is 0 Å². The molecule has 1 aromatic rings. The van der Waals surface area contributed by atoms with Crippen molar-refractivity contribution in [3.63, 3.8) is 0 Å². The Hall–Kier alpha value is -1.36. The summed E-state index contributed by atoms with van der Waals surface area (Å²) in [7, 11) is 0. The monoisotopic (exact) mass is 290 g/mol. The van der Waals surface area contributed by atoms with E-state index in [0.717, 1.165) is 56.6 Å². The van der Waals surface area contributed by atoms with Crippen LogP contribution >= 0.6 is 0 Å². The zero-order valence-electron chi connectivity index (χ0n) is 13.1. The summed E-state index contributed by atoms with van der Waals surface area (Å²) < 4.78 is 5.61. The van der Waals surface area contributed by atoms with Gasteiger partial charge in [0.15, 0.2) is 0 Å². The number of rotatable bonds is 6. The van der Waals surface area contributed by atoms with Crippen LogP contribution < -0.4 is 10.2 Å². The lowest BCUT2D eigenvalue weighted by molar-refractivity contribution is 0.0925. The van der Waals surface area contributed by atoms with Gasteiger partial charge in [0.25, 0.3) is 0 Å². The Labute approximate surface area is 127 Å². The molecule has 2 aliphatic rings. The van der Waals surface area contributed by atoms with Gasteiger partial charge in [-0.1, -0.05) is 13.8 Å². The van der Waals surface area contributed by atoms with E-state index in [4.69, 9.17) is 14.7 Å². The molecule has 1 atom stereocenters. The molecule has 0 spiro atoms. The van der Waals surface area contributed by atoms with Crippen LogP contribution in [-0.2, 0) is 4.74 Å². The molecule has 1 aromatic heterocycles. The average molecular weight is 290 g/mol. The van der Waals surface area contributed by atoms with Crippen LogP contribution in [0.2, 0.25) is 0 Å². The van der Waals surface area contributed by atoms with E-state index >= 15 is 0 Å². The van der Waals surface area contributed by atoms with Crippen molar-refractivity contribution in [2.45, 2.75) is 51.5 Å². The summed E-state index contributed by atoms with van der Waals surface area (Å²) in [6.45, 7) is 7.86. The predicted molar refractivity (Wildman–Crippen MR) is 85.0 cm³/mol. The summed E-state index contributed by atoms with van der Waals surface area (Å²) in [5.41, 5.74) is 0. The highest BCUT2D eigenvalue weighted by Gasteiger charge is 2.29. The second-order valence-electron chi connectivity index (χ2n) is 6.00. The number of anilines is 2. The van der Waals surface area contributed by atoms with Gasteiger partial charge in [0.05, 0.1) is 19.3 Å². The van der Waals surface area contributed by atoms with Crippen molar-refractivity contribution in [1.29, 1.82) is 0 Å². The van der Waals surface area contributed by atoms with E-state index in [1.165, 1.54) is 12.8 Å². The number of ether oxygens (including phenoxy) is 1. The Morgan fingerprint density at radius 3 is 2.90 bits per heavy atom. The number of hydrogen-bond acceptors (Lipinski definition) is 5. The fourth-order valence-electron chi connectivity index (χ4n) is 2.76. The van der Waals surface area contributed by atoms with Crippen molar-refractivity contribution in [2.24, 2.45) is 0 Å². The Balaban J connectivity index is 1.86. The molecule has 0 bridgehead atoms. The van der Waals surface area contributed by atoms with Crippen LogP contribution in [0.25, 0.3) is 0 Å². The number of hydrogen-bond donors (Lipinski definition) is 1. The second-order valence-corrected chi connectivity index (χ2v) is 6.00. The molecule has 0 amide bonds. The summed E-state index contributed by atoms with van der Waals surface area (Å²) >= 11 is 0. The number of morpholine rings is 1. The highest BCUT2D eigenvalue weighted by atomic mass is 16.5. The molecule has 2 heterocycles. The number of nitrogens with one attached hydrogen (secondary N) is 1. The molecule has 3 rings (SSSR count). The van der Waals surface area contributed by atoms with E-state index in [1.807, 2.05) is 0 Å². The van der Waals surface area contributed by atoms with Crippen LogP contribution in [0.4, 0.5) is 11.6 Å². The van der Waals surface area contributed by atoms with E-state index in [-0.39, 0.29) is 0 Å². The topological polar surface area (TPSA) is 50.3 Å². The predicted octanol–water partition coefficient (Wildman–Crippen LogP) is 2.79. The minimum Gasteiger partial charge on any atom is -0.377 e. The molecular formula is C16H26N4O. The Bertz CT molecular complexity index is 475. The summed E-state index contributed by atoms with van der Waals surface area (Å²) in [5.74, 6) is 3.64. The molecule has 5 nitrogen and oxygen atoms in total. The van der Waals surface area contributed by atoms with E-state index in [0.29, 0.717) is 12.0 Å². The highest BCUT2D eigenvalue weighted by Crippen LogP contribution is 2.39. The van der Waals surface area contributed by atoms with E-state index in [2.05, 4.69) is 30.1 Å². The molecule has 21 heavy (non-hydrogen) atoms. The van der Waals surface area contributed by atoms with Gasteiger partial charge in [0, 0.05) is 25.1 Å². The maximum Gasteiger partial charge on any atom is 0.136 e. The van der Waals surface area contributed by atoms with Crippen molar-refractivity contribution in [2.75, 3.05) is 36.5 Å². The molecular weight excluding hydrogens is 264 g/mol. The van der Waals surface area contributed by atoms with E-state index in [1.54, 1.807) is 0 Å². The quantitative estimate of drug-likeness (QED) is 0.873. The average Bonchev–Trinajstić information content (AvgIpc) is 3.37. The van der Waals surface area contributed by atoms with Gasteiger partial charge >= 0.3 is 0 Å². The zero-order valence-corrected chi connectivity index (χ0v) is 13.1. The molecule has 1 aliphatic carbocycles. The van der Waals surface area contributed by atoms with Gasteiger partial charge in [0.1, 0.15) is 17.5 Å². The minimum absolute atomic E-state index is 0.430. The zero-order chi connectivity index (χ0) is 14.7. The maximum absolute atomic E-state index is 5.61. The molecule has 2 fully saturated rings. The van der Waals surface area contributed by atoms with Crippen molar-refractivity contribution < 1.29 is 4.74 Å². The Morgan fingerprint density at radius 1 is 1.33 bits per heavy atom. The smallest absolute Gasteiger partial charge is 0.136 e. The van der Waals surface area contributed by atoms with E-state index < -0.39 is 0 Å². The lowest BCUT2D eigenvalue weighted by Gasteiger charge is -2.36. The van der Waals surface area contributed by atoms with Gasteiger partial charge in [-0.2, -0.15) is 0 Å². The van der Waals surface area contributed by atoms with Crippen molar-refractivity contribution in [1.82, 2.24) is 9.97 Å². The first-order valence-electron chi connectivity index (χ1n) is 8.29. The molecule has 1 aliphatic heterocycles. The van der Waals surface area contributed by atoms with Gasteiger partial charge < -0.3 is 15.0 Å². The molecule has 1 N–H and O–H groups in total. The first-order chi connectivity index (χ1) is 10.3. The summed E-state index contributed by atoms with van der Waals surface area (Å²) in [4.78, 5) is 11.9. The molecule has 0 radical (unpaired) electrons. The van der Waals surface area contributed by atoms with Crippen LogP contribution in [0.5, 0.6) is 0 Å². The molecule has 116 valence electrons. The van der Waals surface area contributed by atoms with Gasteiger partial charge in [-0.05, 0) is 25.7 Å². The number of nitrogens with zero attached hydrogens (tertiary/aromatic N) is 3. The van der Waals surface area contributed by atoms with E-state index in [9.17, 15) is 0 Å². The molecule has 1 saturated heterocycles. The van der Waals surface area contributed by atoms with Crippen LogP contribution in [-0.4, -0.2) is 42.3 Å². The fourth-order valence-corrected chi connectivity index (χ4v) is 2.76. The van der Waals surface area contributed by atoms with Crippen LogP contribution in [0, 0.1) is 0 Å². The van der Waals surface area contributed by atoms with Gasteiger partial charge in [0.2, 0.25) is 0 Å². The van der Waals surface area contributed by atoms with Gasteiger partial charge in [-0.3, -0.25) is 0 Å². The fraction of sp³-hybridized carbons (Fsp3) is 0.750. The second kappa shape index (κ2) is 6.60. The Morgan fingerprint density at radius 2 is 2.19 bits per heavy atom. The first kappa shape index (κ1) is 14.6. The first-order valence-corrected chi connectivity index (χ1v) is 8.29. The third kappa shape index (κ3) is 3.46. The standard InChI is InChI=1S/C16H26N4O/c1-3-7-17-14-10-15(19-16(18-14)12-5-6-12)20-8-9-21-11-13(20)4-2/h10,12-13H,3-9,11H2,1-2H3,(H,17,18,19). The molecule has 1 unspecified atom stereocenters. The molecule has 1 saturated carbocycles. The maximum atomic E-state index is 5.61. The van der Waals surface area contributed by atoms with Gasteiger partial charge in [-0.25, -0.2) is 9.97 Å². The third-order valence-corrected chi connectivity index (χ3v) is 4.22. The molecule has 5 heteroatoms. The summed E-state index contributed by atoms with van der Waals surface area (Å²) in [5, 5.41) is 3.42. The normalized spacial score (nSPS) is 22.4. The third-order valence-electron chi connectivity index (χ3n) is 4.22. The van der Waals surface area contributed by atoms with Crippen LogP contribution in [0.1, 0.15) is 51.3 Å². The summed E-state index contributed by atoms with van der Waals surface area (Å²) in [6, 6.07) is 2.54. The lowest BCUT2D eigenvalue weighted by Crippen LogP contribution is -2.45. The molecule has 0 aromatic carbocycles. The SMILES string of the molecule is CCCNc1cc(N2CCOCC2CC)nc(C2CC2)n1. The van der Waals surface area contributed by atoms with Crippen molar-refractivity contribution >= 4 is 11.6 Å². The Kier molecular flexibility index (Phi) is 4.58. The largest absolute Gasteiger partial charge is 0.377 e.